The van der Waals surface area contributed by atoms with Gasteiger partial charge in [-0.3, -0.25) is 9.78 Å². The Morgan fingerprint density at radius 2 is 2.14 bits per heavy atom. The van der Waals surface area contributed by atoms with Crippen molar-refractivity contribution in [2.24, 2.45) is 0 Å². The fourth-order valence-electron chi connectivity index (χ4n) is 1.19. The van der Waals surface area contributed by atoms with Crippen LogP contribution in [0.1, 0.15) is 18.5 Å². The quantitative estimate of drug-likeness (QED) is 0.731. The van der Waals surface area contributed by atoms with Crippen LogP contribution in [0.25, 0.3) is 0 Å². The van der Waals surface area contributed by atoms with Crippen LogP contribution in [0.5, 0.6) is 0 Å². The van der Waals surface area contributed by atoms with Gasteiger partial charge in [-0.05, 0) is 31.7 Å². The van der Waals surface area contributed by atoms with Gasteiger partial charge in [0.2, 0.25) is 5.91 Å². The summed E-state index contributed by atoms with van der Waals surface area (Å²) in [6.45, 7) is 2.29. The second-order valence-electron chi connectivity index (χ2n) is 3.10. The molecule has 1 amide bonds. The Hall–Kier alpha value is -1.42. The van der Waals surface area contributed by atoms with Crippen molar-refractivity contribution < 1.29 is 4.79 Å². The fraction of sp³-hybridized carbons (Fsp3) is 0.400. The molecule has 0 aliphatic heterocycles. The molecule has 0 aliphatic carbocycles. The Morgan fingerprint density at radius 3 is 2.71 bits per heavy atom. The first-order chi connectivity index (χ1) is 6.74. The molecule has 4 heteroatoms. The van der Waals surface area contributed by atoms with Crippen LogP contribution < -0.4 is 10.6 Å². The van der Waals surface area contributed by atoms with Gasteiger partial charge in [0.15, 0.2) is 0 Å². The van der Waals surface area contributed by atoms with Crippen molar-refractivity contribution in [3.05, 3.63) is 30.1 Å². The molecule has 0 aliphatic rings. The number of amides is 1. The minimum absolute atomic E-state index is 0.00295. The Balaban J connectivity index is 2.50. The van der Waals surface area contributed by atoms with Gasteiger partial charge in [-0.15, -0.1) is 0 Å². The number of nitrogens with zero attached hydrogens (tertiary/aromatic N) is 1. The molecule has 0 radical (unpaired) electrons. The van der Waals surface area contributed by atoms with Crippen molar-refractivity contribution in [3.8, 4) is 0 Å². The topological polar surface area (TPSA) is 54.0 Å². The average molecular weight is 193 g/mol. The van der Waals surface area contributed by atoms with Crippen LogP contribution in [0.3, 0.4) is 0 Å². The highest BCUT2D eigenvalue weighted by Gasteiger charge is 2.07. The molecule has 76 valence electrons. The third kappa shape index (κ3) is 3.14. The molecular formula is C10H15N3O. The zero-order valence-electron chi connectivity index (χ0n) is 8.45. The van der Waals surface area contributed by atoms with Gasteiger partial charge in [0.1, 0.15) is 0 Å². The summed E-state index contributed by atoms with van der Waals surface area (Å²) < 4.78 is 0. The van der Waals surface area contributed by atoms with E-state index in [9.17, 15) is 4.79 Å². The molecule has 0 saturated carbocycles. The van der Waals surface area contributed by atoms with Crippen LogP contribution in [-0.2, 0) is 4.79 Å². The lowest BCUT2D eigenvalue weighted by molar-refractivity contribution is -0.120. The monoisotopic (exact) mass is 193 g/mol. The van der Waals surface area contributed by atoms with E-state index in [1.54, 1.807) is 19.4 Å². The zero-order chi connectivity index (χ0) is 10.4. The average Bonchev–Trinajstić information content (AvgIpc) is 2.19. The molecule has 1 rings (SSSR count). The van der Waals surface area contributed by atoms with Crippen molar-refractivity contribution in [2.75, 3.05) is 13.6 Å². The summed E-state index contributed by atoms with van der Waals surface area (Å²) in [6.07, 6.45) is 3.44. The number of likely N-dealkylation sites (N-methyl/N-ethyl adjacent to an activating group) is 1. The summed E-state index contributed by atoms with van der Waals surface area (Å²) in [5.41, 5.74) is 1.06. The van der Waals surface area contributed by atoms with E-state index < -0.39 is 0 Å². The van der Waals surface area contributed by atoms with Crippen LogP contribution >= 0.6 is 0 Å². The van der Waals surface area contributed by atoms with Gasteiger partial charge in [-0.25, -0.2) is 0 Å². The number of carbonyl (C=O) groups excluding carboxylic acids is 1. The van der Waals surface area contributed by atoms with E-state index in [1.807, 2.05) is 19.1 Å². The van der Waals surface area contributed by atoms with E-state index in [2.05, 4.69) is 15.6 Å². The first kappa shape index (κ1) is 10.7. The molecule has 14 heavy (non-hydrogen) atoms. The van der Waals surface area contributed by atoms with Crippen LogP contribution in [0.15, 0.2) is 24.5 Å². The van der Waals surface area contributed by atoms with Gasteiger partial charge in [-0.2, -0.15) is 0 Å². The van der Waals surface area contributed by atoms with E-state index >= 15 is 0 Å². The summed E-state index contributed by atoms with van der Waals surface area (Å²) in [6, 6.07) is 3.81. The van der Waals surface area contributed by atoms with E-state index in [-0.39, 0.29) is 11.9 Å². The van der Waals surface area contributed by atoms with Crippen molar-refractivity contribution >= 4 is 5.91 Å². The smallest absolute Gasteiger partial charge is 0.234 e. The Kier molecular flexibility index (Phi) is 4.07. The minimum atomic E-state index is -0.00295. The van der Waals surface area contributed by atoms with Gasteiger partial charge in [0, 0.05) is 12.4 Å². The number of carbonyl (C=O) groups is 1. The fourth-order valence-corrected chi connectivity index (χ4v) is 1.19. The van der Waals surface area contributed by atoms with Gasteiger partial charge >= 0.3 is 0 Å². The highest BCUT2D eigenvalue weighted by atomic mass is 16.1. The maximum atomic E-state index is 11.2. The summed E-state index contributed by atoms with van der Waals surface area (Å²) in [5.74, 6) is -0.00295. The van der Waals surface area contributed by atoms with E-state index in [4.69, 9.17) is 0 Å². The van der Waals surface area contributed by atoms with Crippen molar-refractivity contribution in [2.45, 2.75) is 13.0 Å². The zero-order valence-corrected chi connectivity index (χ0v) is 8.45. The number of hydrogen-bond donors (Lipinski definition) is 2. The SMILES string of the molecule is CNCC(=O)N[C@H](C)c1ccncc1. The van der Waals surface area contributed by atoms with Gasteiger partial charge < -0.3 is 10.6 Å². The number of pyridine rings is 1. The third-order valence-electron chi connectivity index (χ3n) is 1.92. The molecule has 0 aromatic carbocycles. The largest absolute Gasteiger partial charge is 0.348 e. The number of hydrogen-bond acceptors (Lipinski definition) is 3. The number of rotatable bonds is 4. The minimum Gasteiger partial charge on any atom is -0.348 e. The normalized spacial score (nSPS) is 12.1. The standard InChI is InChI=1S/C10H15N3O/c1-8(13-10(14)7-11-2)9-3-5-12-6-4-9/h3-6,8,11H,7H2,1-2H3,(H,13,14)/t8-/m1/s1. The number of aromatic nitrogens is 1. The molecule has 2 N–H and O–H groups in total. The lowest BCUT2D eigenvalue weighted by Crippen LogP contribution is -2.33. The molecule has 1 atom stereocenters. The van der Waals surface area contributed by atoms with Crippen LogP contribution in [-0.4, -0.2) is 24.5 Å². The molecule has 0 saturated heterocycles. The summed E-state index contributed by atoms with van der Waals surface area (Å²) in [5, 5.41) is 5.67. The third-order valence-corrected chi connectivity index (χ3v) is 1.92. The number of nitrogens with one attached hydrogen (secondary N) is 2. The highest BCUT2D eigenvalue weighted by Crippen LogP contribution is 2.09. The second-order valence-corrected chi connectivity index (χ2v) is 3.10. The van der Waals surface area contributed by atoms with Crippen LogP contribution in [0, 0.1) is 0 Å². The highest BCUT2D eigenvalue weighted by molar-refractivity contribution is 5.78. The van der Waals surface area contributed by atoms with Gasteiger partial charge in [0.25, 0.3) is 0 Å². The molecule has 0 unspecified atom stereocenters. The first-order valence-corrected chi connectivity index (χ1v) is 4.58. The first-order valence-electron chi connectivity index (χ1n) is 4.58. The molecule has 0 fully saturated rings. The predicted octanol–water partition coefficient (Wildman–Crippen LogP) is 0.478. The summed E-state index contributed by atoms with van der Waals surface area (Å²) in [7, 11) is 1.75. The molecular weight excluding hydrogens is 178 g/mol. The van der Waals surface area contributed by atoms with Crippen LogP contribution in [0.4, 0.5) is 0 Å². The lowest BCUT2D eigenvalue weighted by atomic mass is 10.1. The van der Waals surface area contributed by atoms with E-state index in [0.717, 1.165) is 5.56 Å². The van der Waals surface area contributed by atoms with Crippen LogP contribution in [0.2, 0.25) is 0 Å². The summed E-state index contributed by atoms with van der Waals surface area (Å²) >= 11 is 0. The van der Waals surface area contributed by atoms with E-state index in [1.165, 1.54) is 0 Å². The Labute approximate surface area is 83.7 Å². The summed E-state index contributed by atoms with van der Waals surface area (Å²) in [4.78, 5) is 15.2. The van der Waals surface area contributed by atoms with Gasteiger partial charge in [0.05, 0.1) is 12.6 Å². The molecule has 1 heterocycles. The van der Waals surface area contributed by atoms with Crippen molar-refractivity contribution in [1.29, 1.82) is 0 Å². The Morgan fingerprint density at radius 1 is 1.50 bits per heavy atom. The molecule has 0 bridgehead atoms. The van der Waals surface area contributed by atoms with Gasteiger partial charge in [-0.1, -0.05) is 0 Å². The predicted molar refractivity (Wildman–Crippen MR) is 54.7 cm³/mol. The maximum Gasteiger partial charge on any atom is 0.234 e. The second kappa shape index (κ2) is 5.34. The van der Waals surface area contributed by atoms with Crippen molar-refractivity contribution in [1.82, 2.24) is 15.6 Å². The van der Waals surface area contributed by atoms with Crippen molar-refractivity contribution in [3.63, 3.8) is 0 Å². The lowest BCUT2D eigenvalue weighted by Gasteiger charge is -2.13. The van der Waals surface area contributed by atoms with E-state index in [0.29, 0.717) is 6.54 Å². The Bertz CT molecular complexity index is 287. The molecule has 0 spiro atoms. The molecule has 4 nitrogen and oxygen atoms in total. The maximum absolute atomic E-state index is 11.2. The molecule has 1 aromatic rings. The molecule has 1 aromatic heterocycles.